The number of nitrogens with zero attached hydrogens (tertiary/aromatic N) is 3. The molecule has 1 aliphatic heterocycles. The number of anilines is 1. The van der Waals surface area contributed by atoms with Crippen molar-refractivity contribution in [2.75, 3.05) is 25.1 Å². The third kappa shape index (κ3) is 5.48. The first-order valence-corrected chi connectivity index (χ1v) is 13.5. The molecular formula is C28H32N6O7. The predicted octanol–water partition coefficient (Wildman–Crippen LogP) is 0.575. The Labute approximate surface area is 234 Å². The van der Waals surface area contributed by atoms with Gasteiger partial charge in [-0.1, -0.05) is 48.5 Å². The van der Waals surface area contributed by atoms with Crippen molar-refractivity contribution >= 4 is 17.1 Å². The first-order valence-electron chi connectivity index (χ1n) is 13.5. The third-order valence-electron chi connectivity index (χ3n) is 7.55. The van der Waals surface area contributed by atoms with Crippen LogP contribution in [0.15, 0.2) is 59.7 Å². The molecule has 3 heterocycles. The first kappa shape index (κ1) is 27.5. The number of H-pyrrole nitrogens is 1. The number of aliphatic hydroxyl groups is 4. The summed E-state index contributed by atoms with van der Waals surface area (Å²) in [5, 5.41) is 45.9. The number of hydrogen-bond acceptors (Lipinski definition) is 11. The van der Waals surface area contributed by atoms with Crippen LogP contribution >= 0.6 is 0 Å². The molecule has 1 aliphatic carbocycles. The molecule has 1 saturated heterocycles. The Morgan fingerprint density at radius 2 is 1.83 bits per heavy atom. The van der Waals surface area contributed by atoms with Crippen LogP contribution in [0.2, 0.25) is 0 Å². The van der Waals surface area contributed by atoms with Gasteiger partial charge in [0.05, 0.1) is 25.6 Å². The fourth-order valence-electron chi connectivity index (χ4n) is 5.51. The summed E-state index contributed by atoms with van der Waals surface area (Å²) in [4.78, 5) is 23.5. The summed E-state index contributed by atoms with van der Waals surface area (Å²) in [6.45, 7) is 0.143. The number of fused-ring (bicyclic) bond motifs is 4. The molecule has 216 valence electrons. The molecular weight excluding hydrogens is 532 g/mol. The Balaban J connectivity index is 1.02. The lowest BCUT2D eigenvalue weighted by molar-refractivity contribution is -0.122. The van der Waals surface area contributed by atoms with Gasteiger partial charge in [-0.3, -0.25) is 19.7 Å². The fourth-order valence-corrected chi connectivity index (χ4v) is 5.51. The Hall–Kier alpha value is -3.69. The van der Waals surface area contributed by atoms with Gasteiger partial charge in [0, 0.05) is 25.3 Å². The first-order chi connectivity index (χ1) is 19.9. The number of benzene rings is 2. The van der Waals surface area contributed by atoms with Crippen molar-refractivity contribution in [3.8, 4) is 11.1 Å². The van der Waals surface area contributed by atoms with E-state index in [1.165, 1.54) is 22.0 Å². The molecule has 41 heavy (non-hydrogen) atoms. The van der Waals surface area contributed by atoms with E-state index in [4.69, 9.17) is 9.47 Å². The summed E-state index contributed by atoms with van der Waals surface area (Å²) in [6, 6.07) is 16.3. The van der Waals surface area contributed by atoms with E-state index >= 15 is 0 Å². The summed E-state index contributed by atoms with van der Waals surface area (Å²) in [5.74, 6) is 0.0224. The van der Waals surface area contributed by atoms with Gasteiger partial charge >= 0.3 is 0 Å². The third-order valence-corrected chi connectivity index (χ3v) is 7.55. The van der Waals surface area contributed by atoms with E-state index in [0.29, 0.717) is 0 Å². The maximum atomic E-state index is 12.5. The highest BCUT2D eigenvalue weighted by Gasteiger charge is 2.35. The number of nitrogens with one attached hydrogen (secondary N) is 3. The quantitative estimate of drug-likeness (QED) is 0.126. The number of hydrogen-bond donors (Lipinski definition) is 7. The number of aromatic nitrogens is 4. The molecule has 1 fully saturated rings. The molecule has 2 aromatic heterocycles. The Morgan fingerprint density at radius 1 is 1.12 bits per heavy atom. The van der Waals surface area contributed by atoms with Crippen LogP contribution in [0.5, 0.6) is 0 Å². The van der Waals surface area contributed by atoms with Crippen molar-refractivity contribution < 1.29 is 29.9 Å². The van der Waals surface area contributed by atoms with E-state index in [2.05, 4.69) is 49.9 Å². The maximum Gasteiger partial charge on any atom is 0.280 e. The largest absolute Gasteiger partial charge is 0.394 e. The van der Waals surface area contributed by atoms with Gasteiger partial charge in [-0.05, 0) is 22.3 Å². The SMILES string of the molecule is O=c1[nH]c(NC(O)CCNC(O)OCC2c3ccccc3-c3ccccc32)nc2c1ncn2C1CC(O)C(CO)O1. The number of imidazole rings is 1. The predicted molar refractivity (Wildman–Crippen MR) is 148 cm³/mol. The Bertz CT molecular complexity index is 1530. The average molecular weight is 565 g/mol. The van der Waals surface area contributed by atoms with Gasteiger partial charge in [-0.2, -0.15) is 4.98 Å². The monoisotopic (exact) mass is 564 g/mol. The van der Waals surface area contributed by atoms with Gasteiger partial charge in [0.25, 0.3) is 5.56 Å². The normalized spacial score (nSPS) is 21.6. The highest BCUT2D eigenvalue weighted by atomic mass is 16.6. The molecule has 13 nitrogen and oxygen atoms in total. The molecule has 6 rings (SSSR count). The molecule has 4 aromatic rings. The minimum Gasteiger partial charge on any atom is -0.394 e. The molecule has 0 bridgehead atoms. The van der Waals surface area contributed by atoms with Crippen LogP contribution in [0.25, 0.3) is 22.3 Å². The molecule has 13 heteroatoms. The van der Waals surface area contributed by atoms with Crippen molar-refractivity contribution in [1.82, 2.24) is 24.8 Å². The highest BCUT2D eigenvalue weighted by molar-refractivity contribution is 5.78. The van der Waals surface area contributed by atoms with Crippen molar-refractivity contribution in [1.29, 1.82) is 0 Å². The van der Waals surface area contributed by atoms with Gasteiger partial charge < -0.3 is 35.2 Å². The smallest absolute Gasteiger partial charge is 0.280 e. The zero-order valence-corrected chi connectivity index (χ0v) is 22.1. The van der Waals surface area contributed by atoms with Gasteiger partial charge in [-0.15, -0.1) is 0 Å². The zero-order chi connectivity index (χ0) is 28.5. The van der Waals surface area contributed by atoms with Gasteiger partial charge in [0.2, 0.25) is 12.4 Å². The average Bonchev–Trinajstić information content (AvgIpc) is 3.65. The maximum absolute atomic E-state index is 12.5. The number of aliphatic hydroxyl groups excluding tert-OH is 4. The molecule has 2 aliphatic rings. The van der Waals surface area contributed by atoms with E-state index in [0.717, 1.165) is 11.1 Å². The minimum atomic E-state index is -1.24. The number of aromatic amines is 1. The molecule has 2 aromatic carbocycles. The Morgan fingerprint density at radius 3 is 2.51 bits per heavy atom. The van der Waals surface area contributed by atoms with Crippen LogP contribution in [0.4, 0.5) is 5.95 Å². The molecule has 0 radical (unpaired) electrons. The molecule has 7 N–H and O–H groups in total. The van der Waals surface area contributed by atoms with Crippen LogP contribution in [-0.2, 0) is 9.47 Å². The lowest BCUT2D eigenvalue weighted by Crippen LogP contribution is -2.36. The second-order valence-electron chi connectivity index (χ2n) is 10.2. The van der Waals surface area contributed by atoms with Crippen molar-refractivity contribution in [3.05, 3.63) is 76.3 Å². The lowest BCUT2D eigenvalue weighted by Gasteiger charge is -2.19. The summed E-state index contributed by atoms with van der Waals surface area (Å²) in [7, 11) is 0. The second kappa shape index (κ2) is 11.7. The van der Waals surface area contributed by atoms with E-state index in [1.807, 2.05) is 24.3 Å². The topological polar surface area (TPSA) is 187 Å². The minimum absolute atomic E-state index is 0.00443. The van der Waals surface area contributed by atoms with Gasteiger partial charge in [0.15, 0.2) is 11.2 Å². The van der Waals surface area contributed by atoms with E-state index in [-0.39, 0.29) is 55.6 Å². The van der Waals surface area contributed by atoms with Crippen LogP contribution in [0, 0.1) is 0 Å². The van der Waals surface area contributed by atoms with Gasteiger partial charge in [-0.25, -0.2) is 4.98 Å². The number of ether oxygens (including phenoxy) is 2. The van der Waals surface area contributed by atoms with Crippen molar-refractivity contribution in [2.24, 2.45) is 0 Å². The molecule has 5 unspecified atom stereocenters. The number of rotatable bonds is 11. The summed E-state index contributed by atoms with van der Waals surface area (Å²) < 4.78 is 12.9. The van der Waals surface area contributed by atoms with E-state index < -0.39 is 36.6 Å². The van der Waals surface area contributed by atoms with Crippen molar-refractivity contribution in [2.45, 2.75) is 49.8 Å². The van der Waals surface area contributed by atoms with Crippen LogP contribution in [-0.4, -0.2) is 84.6 Å². The van der Waals surface area contributed by atoms with Gasteiger partial charge in [0.1, 0.15) is 18.6 Å². The van der Waals surface area contributed by atoms with Crippen LogP contribution < -0.4 is 16.2 Å². The Kier molecular flexibility index (Phi) is 7.81. The molecule has 0 spiro atoms. The van der Waals surface area contributed by atoms with Crippen molar-refractivity contribution in [3.63, 3.8) is 0 Å². The summed E-state index contributed by atoms with van der Waals surface area (Å²) in [5.41, 5.74) is 4.42. The highest BCUT2D eigenvalue weighted by Crippen LogP contribution is 2.44. The van der Waals surface area contributed by atoms with Crippen LogP contribution in [0.3, 0.4) is 0 Å². The lowest BCUT2D eigenvalue weighted by atomic mass is 9.98. The van der Waals surface area contributed by atoms with Crippen LogP contribution in [0.1, 0.15) is 36.1 Å². The summed E-state index contributed by atoms with van der Waals surface area (Å²) >= 11 is 0. The molecule has 0 amide bonds. The second-order valence-corrected chi connectivity index (χ2v) is 10.2. The van der Waals surface area contributed by atoms with E-state index in [9.17, 15) is 25.2 Å². The molecule has 0 saturated carbocycles. The standard InChI is InChI=1S/C28H32N6O7/c35-12-21-20(36)11-23(41-21)34-14-30-24-25(34)32-27(33-26(24)38)31-22(37)9-10-29-28(39)40-13-19-17-7-3-1-5-15(17)16-6-2-4-8-18(16)19/h1-8,14,19-23,28-29,35-37,39H,9-13H2,(H2,31,32,33,38). The zero-order valence-electron chi connectivity index (χ0n) is 22.1. The summed E-state index contributed by atoms with van der Waals surface area (Å²) in [6.07, 6.45) is -2.86. The molecule has 5 atom stereocenters. The van der Waals surface area contributed by atoms with E-state index in [1.54, 1.807) is 0 Å². The fraction of sp³-hybridized carbons (Fsp3) is 0.393.